The van der Waals surface area contributed by atoms with E-state index in [4.69, 9.17) is 5.26 Å². The quantitative estimate of drug-likeness (QED) is 0.663. The number of amides is 1. The molecule has 3 aromatic carbocycles. The first kappa shape index (κ1) is 20.1. The molecular weight excluding hydrogens is 386 g/mol. The van der Waals surface area contributed by atoms with Gasteiger partial charge in [0.05, 0.1) is 27.8 Å². The highest BCUT2D eigenvalue weighted by Gasteiger charge is 2.20. The highest BCUT2D eigenvalue weighted by Crippen LogP contribution is 2.24. The van der Waals surface area contributed by atoms with Gasteiger partial charge in [-0.2, -0.15) is 5.26 Å². The summed E-state index contributed by atoms with van der Waals surface area (Å²) in [4.78, 5) is 12.9. The zero-order valence-corrected chi connectivity index (χ0v) is 16.7. The van der Waals surface area contributed by atoms with Crippen molar-refractivity contribution in [2.45, 2.75) is 18.7 Å². The van der Waals surface area contributed by atoms with Crippen molar-refractivity contribution in [3.63, 3.8) is 0 Å². The van der Waals surface area contributed by atoms with E-state index in [9.17, 15) is 13.2 Å². The van der Waals surface area contributed by atoms with Crippen LogP contribution in [0.15, 0.2) is 71.6 Å². The average molecular weight is 405 g/mol. The van der Waals surface area contributed by atoms with Gasteiger partial charge in [0.2, 0.25) is 0 Å². The molecule has 0 aliphatic heterocycles. The largest absolute Gasteiger partial charge is 0.322 e. The van der Waals surface area contributed by atoms with Crippen molar-refractivity contribution in [1.29, 1.82) is 5.26 Å². The van der Waals surface area contributed by atoms with Crippen molar-refractivity contribution < 1.29 is 13.2 Å². The van der Waals surface area contributed by atoms with E-state index in [2.05, 4.69) is 10.0 Å². The topological polar surface area (TPSA) is 99.1 Å². The number of para-hydroxylation sites is 1. The van der Waals surface area contributed by atoms with E-state index in [0.717, 1.165) is 5.56 Å². The minimum Gasteiger partial charge on any atom is -0.322 e. The van der Waals surface area contributed by atoms with Crippen LogP contribution in [0, 0.1) is 25.2 Å². The molecule has 0 saturated carbocycles. The number of rotatable bonds is 5. The number of hydrogen-bond acceptors (Lipinski definition) is 4. The fourth-order valence-corrected chi connectivity index (χ4v) is 4.24. The standard InChI is InChI=1S/C22H19N3O3S/c1-15-10-11-16(2)21(12-15)29(27,28)25-20-9-4-3-8-19(20)22(26)24-18-7-5-6-17(13-18)14-23/h3-13,25H,1-2H3,(H,24,26). The maximum atomic E-state index is 12.9. The highest BCUT2D eigenvalue weighted by atomic mass is 32.2. The summed E-state index contributed by atoms with van der Waals surface area (Å²) in [5, 5.41) is 11.7. The molecule has 2 N–H and O–H groups in total. The first-order valence-corrected chi connectivity index (χ1v) is 10.3. The summed E-state index contributed by atoms with van der Waals surface area (Å²) >= 11 is 0. The number of anilines is 2. The molecule has 7 heteroatoms. The Kier molecular flexibility index (Phi) is 5.66. The van der Waals surface area contributed by atoms with Gasteiger partial charge in [-0.25, -0.2) is 8.42 Å². The fourth-order valence-electron chi connectivity index (χ4n) is 2.83. The van der Waals surface area contributed by atoms with Crippen LogP contribution in [0.5, 0.6) is 0 Å². The van der Waals surface area contributed by atoms with Gasteiger partial charge in [0.25, 0.3) is 15.9 Å². The van der Waals surface area contributed by atoms with Crippen LogP contribution in [-0.4, -0.2) is 14.3 Å². The van der Waals surface area contributed by atoms with E-state index in [0.29, 0.717) is 16.8 Å². The predicted molar refractivity (Wildman–Crippen MR) is 112 cm³/mol. The molecule has 0 unspecified atom stereocenters. The number of nitrogens with one attached hydrogen (secondary N) is 2. The molecule has 0 aliphatic carbocycles. The molecular formula is C22H19N3O3S. The number of carbonyl (C=O) groups is 1. The Labute approximate surface area is 169 Å². The van der Waals surface area contributed by atoms with Crippen molar-refractivity contribution in [1.82, 2.24) is 0 Å². The second kappa shape index (κ2) is 8.17. The van der Waals surface area contributed by atoms with Gasteiger partial charge < -0.3 is 5.32 Å². The Bertz CT molecular complexity index is 1230. The molecule has 1 amide bonds. The summed E-state index contributed by atoms with van der Waals surface area (Å²) in [7, 11) is -3.88. The predicted octanol–water partition coefficient (Wildman–Crippen LogP) is 4.23. The fraction of sp³-hybridized carbons (Fsp3) is 0.0909. The Hall–Kier alpha value is -3.63. The third kappa shape index (κ3) is 4.62. The first-order valence-electron chi connectivity index (χ1n) is 8.81. The van der Waals surface area contributed by atoms with Crippen LogP contribution in [-0.2, 0) is 10.0 Å². The second-order valence-corrected chi connectivity index (χ2v) is 8.22. The van der Waals surface area contributed by atoms with Crippen LogP contribution in [0.3, 0.4) is 0 Å². The molecule has 0 fully saturated rings. The number of carbonyl (C=O) groups excluding carboxylic acids is 1. The Morgan fingerprint density at radius 3 is 2.48 bits per heavy atom. The van der Waals surface area contributed by atoms with Crippen LogP contribution in [0.1, 0.15) is 27.0 Å². The third-order valence-corrected chi connectivity index (χ3v) is 5.81. The molecule has 0 saturated heterocycles. The molecule has 0 atom stereocenters. The Balaban J connectivity index is 1.91. The van der Waals surface area contributed by atoms with Crippen LogP contribution in [0.2, 0.25) is 0 Å². The monoisotopic (exact) mass is 405 g/mol. The molecule has 6 nitrogen and oxygen atoms in total. The first-order chi connectivity index (χ1) is 13.8. The van der Waals surface area contributed by atoms with E-state index >= 15 is 0 Å². The number of benzene rings is 3. The van der Waals surface area contributed by atoms with Gasteiger partial charge in [0.1, 0.15) is 0 Å². The minimum atomic E-state index is -3.88. The third-order valence-electron chi connectivity index (χ3n) is 4.30. The number of hydrogen-bond donors (Lipinski definition) is 2. The molecule has 0 aromatic heterocycles. The SMILES string of the molecule is Cc1ccc(C)c(S(=O)(=O)Nc2ccccc2C(=O)Nc2cccc(C#N)c2)c1. The summed E-state index contributed by atoms with van der Waals surface area (Å²) in [5.41, 5.74) is 2.62. The summed E-state index contributed by atoms with van der Waals surface area (Å²) in [5.74, 6) is -0.487. The van der Waals surface area contributed by atoms with Crippen LogP contribution >= 0.6 is 0 Å². The van der Waals surface area contributed by atoms with Crippen molar-refractivity contribution in [2.75, 3.05) is 10.0 Å². The van der Waals surface area contributed by atoms with Crippen molar-refractivity contribution in [3.05, 3.63) is 89.0 Å². The van der Waals surface area contributed by atoms with Crippen molar-refractivity contribution >= 4 is 27.3 Å². The van der Waals surface area contributed by atoms with Crippen molar-refractivity contribution in [2.24, 2.45) is 0 Å². The normalized spacial score (nSPS) is 10.8. The summed E-state index contributed by atoms with van der Waals surface area (Å²) in [6.45, 7) is 3.53. The minimum absolute atomic E-state index is 0.162. The Morgan fingerprint density at radius 1 is 0.966 bits per heavy atom. The van der Waals surface area contributed by atoms with Crippen molar-refractivity contribution in [3.8, 4) is 6.07 Å². The van der Waals surface area contributed by atoms with Gasteiger partial charge in [-0.1, -0.05) is 30.3 Å². The molecule has 29 heavy (non-hydrogen) atoms. The van der Waals surface area contributed by atoms with Crippen LogP contribution < -0.4 is 10.0 Å². The van der Waals surface area contributed by atoms with E-state index in [1.807, 2.05) is 19.1 Å². The number of nitriles is 1. The van der Waals surface area contributed by atoms with Gasteiger partial charge in [-0.3, -0.25) is 9.52 Å². The van der Waals surface area contributed by atoms with E-state index in [1.165, 1.54) is 12.1 Å². The highest BCUT2D eigenvalue weighted by molar-refractivity contribution is 7.92. The Morgan fingerprint density at radius 2 is 1.72 bits per heavy atom. The lowest BCUT2D eigenvalue weighted by molar-refractivity contribution is 0.102. The number of aryl methyl sites for hydroxylation is 2. The molecule has 3 rings (SSSR count). The van der Waals surface area contributed by atoms with Gasteiger partial charge in [0.15, 0.2) is 0 Å². The molecule has 0 aliphatic rings. The zero-order valence-electron chi connectivity index (χ0n) is 15.9. The summed E-state index contributed by atoms with van der Waals surface area (Å²) < 4.78 is 28.3. The lowest BCUT2D eigenvalue weighted by Gasteiger charge is -2.14. The summed E-state index contributed by atoms with van der Waals surface area (Å²) in [6.07, 6.45) is 0. The molecule has 146 valence electrons. The van der Waals surface area contributed by atoms with Gasteiger partial charge in [0, 0.05) is 5.69 Å². The number of sulfonamides is 1. The molecule has 0 bridgehead atoms. The van der Waals surface area contributed by atoms with Gasteiger partial charge in [-0.15, -0.1) is 0 Å². The molecule has 0 spiro atoms. The van der Waals surface area contributed by atoms with Crippen LogP contribution in [0.4, 0.5) is 11.4 Å². The van der Waals surface area contributed by atoms with Gasteiger partial charge in [-0.05, 0) is 61.4 Å². The maximum absolute atomic E-state index is 12.9. The lowest BCUT2D eigenvalue weighted by atomic mass is 10.1. The zero-order chi connectivity index (χ0) is 21.0. The van der Waals surface area contributed by atoms with Gasteiger partial charge >= 0.3 is 0 Å². The lowest BCUT2D eigenvalue weighted by Crippen LogP contribution is -2.19. The average Bonchev–Trinajstić information content (AvgIpc) is 2.70. The molecule has 0 radical (unpaired) electrons. The molecule has 3 aromatic rings. The van der Waals surface area contributed by atoms with E-state index in [1.54, 1.807) is 55.5 Å². The summed E-state index contributed by atoms with van der Waals surface area (Å²) in [6, 6.07) is 20.0. The van der Waals surface area contributed by atoms with E-state index in [-0.39, 0.29) is 16.1 Å². The molecule has 0 heterocycles. The smallest absolute Gasteiger partial charge is 0.262 e. The van der Waals surface area contributed by atoms with E-state index < -0.39 is 15.9 Å². The second-order valence-electron chi connectivity index (χ2n) is 6.57. The van der Waals surface area contributed by atoms with Crippen LogP contribution in [0.25, 0.3) is 0 Å². The number of nitrogens with zero attached hydrogens (tertiary/aromatic N) is 1. The maximum Gasteiger partial charge on any atom is 0.262 e.